The van der Waals surface area contributed by atoms with Crippen LogP contribution in [0, 0.1) is 0 Å². The van der Waals surface area contributed by atoms with Crippen molar-refractivity contribution in [2.24, 2.45) is 0 Å². The molecule has 0 saturated carbocycles. The third-order valence-corrected chi connectivity index (χ3v) is 13.2. The number of rotatable bonds is 48. The van der Waals surface area contributed by atoms with E-state index in [2.05, 4.69) is 26.0 Å². The van der Waals surface area contributed by atoms with Gasteiger partial charge in [0, 0.05) is 12.8 Å². The zero-order valence-corrected chi connectivity index (χ0v) is 42.3. The average Bonchev–Trinajstić information content (AvgIpc) is 3.30. The fourth-order valence-corrected chi connectivity index (χ4v) is 8.77. The Hall–Kier alpha value is -1.56. The van der Waals surface area contributed by atoms with Crippen LogP contribution in [-0.2, 0) is 28.5 Å². The first-order valence-electron chi connectivity index (χ1n) is 27.8. The van der Waals surface area contributed by atoms with E-state index in [0.29, 0.717) is 6.42 Å². The topological polar surface area (TPSA) is 152 Å². The molecule has 0 aliphatic carbocycles. The smallest absolute Gasteiger partial charge is 0.306 e. The molecule has 0 spiro atoms. The van der Waals surface area contributed by atoms with Crippen LogP contribution in [0.5, 0.6) is 0 Å². The number of unbranched alkanes of at least 4 members (excludes halogenated alkanes) is 35. The van der Waals surface area contributed by atoms with Crippen LogP contribution in [0.2, 0.25) is 0 Å². The molecule has 1 saturated heterocycles. The van der Waals surface area contributed by atoms with Gasteiger partial charge in [-0.1, -0.05) is 231 Å². The van der Waals surface area contributed by atoms with Gasteiger partial charge in [-0.05, 0) is 38.5 Å². The summed E-state index contributed by atoms with van der Waals surface area (Å²) in [5.74, 6) is -0.791. The monoisotopic (exact) mass is 925 g/mol. The molecule has 0 aromatic heterocycles. The molecular formula is C55H104O10. The molecule has 2 unspecified atom stereocenters. The molecule has 0 bridgehead atoms. The van der Waals surface area contributed by atoms with Gasteiger partial charge >= 0.3 is 11.9 Å². The van der Waals surface area contributed by atoms with Crippen molar-refractivity contribution in [3.05, 3.63) is 12.2 Å². The van der Waals surface area contributed by atoms with Gasteiger partial charge in [-0.2, -0.15) is 0 Å². The molecule has 6 atom stereocenters. The summed E-state index contributed by atoms with van der Waals surface area (Å²) in [6.07, 6.45) is 45.1. The van der Waals surface area contributed by atoms with Gasteiger partial charge in [0.25, 0.3) is 0 Å². The number of carbonyl (C=O) groups is 2. The van der Waals surface area contributed by atoms with Crippen LogP contribution in [0.3, 0.4) is 0 Å². The van der Waals surface area contributed by atoms with E-state index in [1.165, 1.54) is 199 Å². The Kier molecular flexibility index (Phi) is 43.7. The molecule has 1 fully saturated rings. The molecule has 0 aromatic carbocycles. The quantitative estimate of drug-likeness (QED) is 0.0264. The fraction of sp³-hybridized carbons (Fsp3) is 0.927. The first-order valence-corrected chi connectivity index (χ1v) is 27.8. The summed E-state index contributed by atoms with van der Waals surface area (Å²) in [5.41, 5.74) is 0. The molecule has 65 heavy (non-hydrogen) atoms. The van der Waals surface area contributed by atoms with Crippen LogP contribution in [0.25, 0.3) is 0 Å². The van der Waals surface area contributed by atoms with E-state index in [-0.39, 0.29) is 32.0 Å². The highest BCUT2D eigenvalue weighted by Gasteiger charge is 2.44. The van der Waals surface area contributed by atoms with E-state index in [1.54, 1.807) is 0 Å². The number of esters is 2. The van der Waals surface area contributed by atoms with Crippen LogP contribution in [0.4, 0.5) is 0 Å². The summed E-state index contributed by atoms with van der Waals surface area (Å²) in [5, 5.41) is 40.3. The fourth-order valence-electron chi connectivity index (χ4n) is 8.77. The highest BCUT2D eigenvalue weighted by molar-refractivity contribution is 5.70. The minimum atomic E-state index is -1.59. The van der Waals surface area contributed by atoms with Gasteiger partial charge in [0.1, 0.15) is 31.0 Å². The average molecular weight is 925 g/mol. The van der Waals surface area contributed by atoms with Crippen molar-refractivity contribution in [3.63, 3.8) is 0 Å². The number of hydrogen-bond acceptors (Lipinski definition) is 10. The van der Waals surface area contributed by atoms with E-state index < -0.39 is 49.4 Å². The van der Waals surface area contributed by atoms with Crippen LogP contribution in [-0.4, -0.2) is 89.0 Å². The van der Waals surface area contributed by atoms with E-state index in [4.69, 9.17) is 18.9 Å². The number of aliphatic hydroxyl groups excluding tert-OH is 4. The number of allylic oxidation sites excluding steroid dienone is 2. The summed E-state index contributed by atoms with van der Waals surface area (Å²) in [7, 11) is 0. The van der Waals surface area contributed by atoms with E-state index in [9.17, 15) is 30.0 Å². The zero-order chi connectivity index (χ0) is 47.3. The maximum Gasteiger partial charge on any atom is 0.306 e. The molecule has 0 radical (unpaired) electrons. The zero-order valence-electron chi connectivity index (χ0n) is 42.3. The van der Waals surface area contributed by atoms with Crippen molar-refractivity contribution in [3.8, 4) is 0 Å². The maximum atomic E-state index is 12.9. The van der Waals surface area contributed by atoms with Gasteiger partial charge in [0.15, 0.2) is 12.4 Å². The van der Waals surface area contributed by atoms with Gasteiger partial charge in [-0.15, -0.1) is 0 Å². The largest absolute Gasteiger partial charge is 0.462 e. The predicted octanol–water partition coefficient (Wildman–Crippen LogP) is 13.5. The van der Waals surface area contributed by atoms with Gasteiger partial charge in [0.2, 0.25) is 0 Å². The molecule has 1 rings (SSSR count). The number of carbonyl (C=O) groups excluding carboxylic acids is 2. The summed E-state index contributed by atoms with van der Waals surface area (Å²) in [4.78, 5) is 25.5. The summed E-state index contributed by atoms with van der Waals surface area (Å²) >= 11 is 0. The first-order chi connectivity index (χ1) is 31.8. The molecule has 384 valence electrons. The van der Waals surface area contributed by atoms with Crippen molar-refractivity contribution < 1.29 is 49.0 Å². The van der Waals surface area contributed by atoms with Crippen LogP contribution >= 0.6 is 0 Å². The van der Waals surface area contributed by atoms with Crippen molar-refractivity contribution in [1.82, 2.24) is 0 Å². The van der Waals surface area contributed by atoms with Crippen molar-refractivity contribution in [2.75, 3.05) is 19.8 Å². The van der Waals surface area contributed by atoms with Gasteiger partial charge < -0.3 is 39.4 Å². The minimum absolute atomic E-state index is 0.212. The standard InChI is InChI=1S/C55H104O10/c1-3-5-7-9-11-13-15-17-19-21-23-24-26-28-30-32-34-36-38-40-42-44-51(58)64-48(47-63-55-54(61)53(60)52(59)49(45-56)65-55)46-62-50(57)43-41-39-37-35-33-31-29-27-25-22-20-18-16-14-12-10-8-6-4-2/h18,20,48-49,52-56,59-61H,3-17,19,21-47H2,1-2H3/b20-18+/t48-,49-,52+,53?,54?,55-/m1/s1. The Morgan fingerprint density at radius 3 is 1.20 bits per heavy atom. The second-order valence-corrected chi connectivity index (χ2v) is 19.4. The van der Waals surface area contributed by atoms with E-state index in [1.807, 2.05) is 0 Å². The van der Waals surface area contributed by atoms with Crippen LogP contribution in [0.15, 0.2) is 12.2 Å². The van der Waals surface area contributed by atoms with Crippen molar-refractivity contribution in [1.29, 1.82) is 0 Å². The van der Waals surface area contributed by atoms with Crippen LogP contribution < -0.4 is 0 Å². The SMILES string of the molecule is CCCCCCCC/C=C/CCCCCCCCCCCC(=O)OC[C@H](CO[C@@H]1O[C@H](CO)[C@H](O)C(O)C1O)OC(=O)CCCCCCCCCCCCCCCCCCCCCCC. The number of ether oxygens (including phenoxy) is 4. The Labute approximate surface area is 399 Å². The predicted molar refractivity (Wildman–Crippen MR) is 266 cm³/mol. The molecule has 1 heterocycles. The lowest BCUT2D eigenvalue weighted by atomic mass is 9.99. The van der Waals surface area contributed by atoms with Gasteiger partial charge in [0.05, 0.1) is 13.2 Å². The van der Waals surface area contributed by atoms with E-state index >= 15 is 0 Å². The molecular weight excluding hydrogens is 821 g/mol. The molecule has 10 nitrogen and oxygen atoms in total. The second kappa shape index (κ2) is 46.2. The molecule has 4 N–H and O–H groups in total. The lowest BCUT2D eigenvalue weighted by molar-refractivity contribution is -0.305. The molecule has 10 heteroatoms. The maximum absolute atomic E-state index is 12.9. The highest BCUT2D eigenvalue weighted by Crippen LogP contribution is 2.23. The second-order valence-electron chi connectivity index (χ2n) is 19.4. The third kappa shape index (κ3) is 37.1. The summed E-state index contributed by atoms with van der Waals surface area (Å²) < 4.78 is 22.3. The highest BCUT2D eigenvalue weighted by atomic mass is 16.7. The number of aliphatic hydroxyl groups is 4. The normalized spacial score (nSPS) is 19.3. The lowest BCUT2D eigenvalue weighted by Gasteiger charge is -2.39. The Morgan fingerprint density at radius 1 is 0.462 bits per heavy atom. The Balaban J connectivity index is 2.21. The Bertz CT molecular complexity index is 1070. The summed E-state index contributed by atoms with van der Waals surface area (Å²) in [6.45, 7) is 3.48. The van der Waals surface area contributed by atoms with Gasteiger partial charge in [-0.25, -0.2) is 0 Å². The molecule has 0 amide bonds. The van der Waals surface area contributed by atoms with Gasteiger partial charge in [-0.3, -0.25) is 9.59 Å². The third-order valence-electron chi connectivity index (χ3n) is 13.2. The lowest BCUT2D eigenvalue weighted by Crippen LogP contribution is -2.59. The molecule has 0 aromatic rings. The number of hydrogen-bond donors (Lipinski definition) is 4. The van der Waals surface area contributed by atoms with Crippen LogP contribution in [0.1, 0.15) is 271 Å². The first kappa shape index (κ1) is 61.5. The van der Waals surface area contributed by atoms with E-state index in [0.717, 1.165) is 38.5 Å². The Morgan fingerprint density at radius 2 is 0.815 bits per heavy atom. The van der Waals surface area contributed by atoms with Crippen molar-refractivity contribution >= 4 is 11.9 Å². The molecule has 1 aliphatic rings. The molecule has 1 aliphatic heterocycles. The minimum Gasteiger partial charge on any atom is -0.462 e. The van der Waals surface area contributed by atoms with Crippen molar-refractivity contribution in [2.45, 2.75) is 307 Å². The summed E-state index contributed by atoms with van der Waals surface area (Å²) in [6, 6.07) is 0.